The van der Waals surface area contributed by atoms with E-state index in [1.807, 2.05) is 6.92 Å². The van der Waals surface area contributed by atoms with Gasteiger partial charge in [-0.25, -0.2) is 4.98 Å². The SMILES string of the molecule is CO[C@@H]1CCCN(c2ncc([N+](=O)[O-])cc2C)C1. The fraction of sp³-hybridized carbons (Fsp3) is 0.583. The normalized spacial score (nSPS) is 19.9. The topological polar surface area (TPSA) is 68.5 Å². The number of ether oxygens (including phenoxy) is 1. The highest BCUT2D eigenvalue weighted by molar-refractivity contribution is 5.50. The Balaban J connectivity index is 2.20. The molecule has 6 nitrogen and oxygen atoms in total. The number of methoxy groups -OCH3 is 1. The van der Waals surface area contributed by atoms with E-state index in [2.05, 4.69) is 9.88 Å². The molecule has 1 fully saturated rings. The lowest BCUT2D eigenvalue weighted by atomic mass is 10.1. The summed E-state index contributed by atoms with van der Waals surface area (Å²) >= 11 is 0. The van der Waals surface area contributed by atoms with Crippen molar-refractivity contribution in [3.05, 3.63) is 27.9 Å². The van der Waals surface area contributed by atoms with Crippen molar-refractivity contribution in [3.63, 3.8) is 0 Å². The van der Waals surface area contributed by atoms with E-state index in [-0.39, 0.29) is 11.8 Å². The molecule has 1 atom stereocenters. The molecule has 1 aliphatic rings. The standard InChI is InChI=1S/C12H17N3O3/c1-9-6-10(15(16)17)7-13-12(9)14-5-3-4-11(8-14)18-2/h6-7,11H,3-5,8H2,1-2H3/t11-/m1/s1. The third kappa shape index (κ3) is 2.59. The van der Waals surface area contributed by atoms with Gasteiger partial charge in [0.1, 0.15) is 12.0 Å². The Bertz CT molecular complexity index is 450. The summed E-state index contributed by atoms with van der Waals surface area (Å²) < 4.78 is 5.37. The minimum absolute atomic E-state index is 0.0385. The van der Waals surface area contributed by atoms with Gasteiger partial charge in [0.25, 0.3) is 5.69 Å². The molecule has 0 spiro atoms. The number of hydrogen-bond acceptors (Lipinski definition) is 5. The monoisotopic (exact) mass is 251 g/mol. The Morgan fingerprint density at radius 1 is 1.61 bits per heavy atom. The van der Waals surface area contributed by atoms with Crippen molar-refractivity contribution in [2.75, 3.05) is 25.1 Å². The Kier molecular flexibility index (Phi) is 3.76. The van der Waals surface area contributed by atoms with Crippen LogP contribution in [0.15, 0.2) is 12.3 Å². The van der Waals surface area contributed by atoms with Gasteiger partial charge in [0.2, 0.25) is 0 Å². The number of rotatable bonds is 3. The number of nitrogens with zero attached hydrogens (tertiary/aromatic N) is 3. The van der Waals surface area contributed by atoms with Crippen molar-refractivity contribution in [1.82, 2.24) is 4.98 Å². The zero-order valence-corrected chi connectivity index (χ0v) is 10.6. The van der Waals surface area contributed by atoms with Crippen LogP contribution in [0, 0.1) is 17.0 Å². The van der Waals surface area contributed by atoms with Gasteiger partial charge in [-0.2, -0.15) is 0 Å². The second-order valence-electron chi connectivity index (χ2n) is 4.54. The highest BCUT2D eigenvalue weighted by atomic mass is 16.6. The third-order valence-electron chi connectivity index (χ3n) is 3.26. The molecule has 1 aliphatic heterocycles. The van der Waals surface area contributed by atoms with E-state index < -0.39 is 4.92 Å². The van der Waals surface area contributed by atoms with Gasteiger partial charge in [-0.05, 0) is 25.3 Å². The molecule has 98 valence electrons. The smallest absolute Gasteiger partial charge is 0.287 e. The molecule has 1 aromatic rings. The maximum Gasteiger partial charge on any atom is 0.287 e. The summed E-state index contributed by atoms with van der Waals surface area (Å²) in [4.78, 5) is 16.6. The molecule has 0 unspecified atom stereocenters. The van der Waals surface area contributed by atoms with Gasteiger partial charge in [-0.1, -0.05) is 0 Å². The average Bonchev–Trinajstić information content (AvgIpc) is 2.38. The fourth-order valence-electron chi connectivity index (χ4n) is 2.31. The number of aromatic nitrogens is 1. The van der Waals surface area contributed by atoms with E-state index in [0.717, 1.165) is 37.3 Å². The number of anilines is 1. The van der Waals surface area contributed by atoms with Crippen molar-refractivity contribution in [2.24, 2.45) is 0 Å². The van der Waals surface area contributed by atoms with Gasteiger partial charge in [0, 0.05) is 26.3 Å². The van der Waals surface area contributed by atoms with Crippen LogP contribution in [0.5, 0.6) is 0 Å². The molecule has 0 saturated carbocycles. The molecular weight excluding hydrogens is 234 g/mol. The first-order valence-corrected chi connectivity index (χ1v) is 6.00. The summed E-state index contributed by atoms with van der Waals surface area (Å²) in [6.07, 6.45) is 3.64. The van der Waals surface area contributed by atoms with E-state index in [1.165, 1.54) is 6.20 Å². The summed E-state index contributed by atoms with van der Waals surface area (Å²) in [6.45, 7) is 3.57. The van der Waals surface area contributed by atoms with Crippen LogP contribution in [-0.2, 0) is 4.74 Å². The number of pyridine rings is 1. The van der Waals surface area contributed by atoms with Crippen LogP contribution in [0.1, 0.15) is 18.4 Å². The molecule has 2 rings (SSSR count). The van der Waals surface area contributed by atoms with Crippen LogP contribution in [0.25, 0.3) is 0 Å². The fourth-order valence-corrected chi connectivity index (χ4v) is 2.31. The van der Waals surface area contributed by atoms with E-state index >= 15 is 0 Å². The van der Waals surface area contributed by atoms with Crippen molar-refractivity contribution in [1.29, 1.82) is 0 Å². The highest BCUT2D eigenvalue weighted by Gasteiger charge is 2.22. The predicted octanol–water partition coefficient (Wildman–Crippen LogP) is 1.91. The molecule has 6 heteroatoms. The van der Waals surface area contributed by atoms with Crippen LogP contribution in [0.2, 0.25) is 0 Å². The van der Waals surface area contributed by atoms with Crippen LogP contribution in [0.3, 0.4) is 0 Å². The van der Waals surface area contributed by atoms with Gasteiger partial charge in [-0.3, -0.25) is 10.1 Å². The molecule has 0 N–H and O–H groups in total. The number of aryl methyl sites for hydroxylation is 1. The minimum atomic E-state index is -0.419. The molecule has 2 heterocycles. The highest BCUT2D eigenvalue weighted by Crippen LogP contribution is 2.25. The third-order valence-corrected chi connectivity index (χ3v) is 3.26. The largest absolute Gasteiger partial charge is 0.380 e. The Morgan fingerprint density at radius 2 is 2.39 bits per heavy atom. The quantitative estimate of drug-likeness (QED) is 0.606. The second kappa shape index (κ2) is 5.30. The number of piperidine rings is 1. The summed E-state index contributed by atoms with van der Waals surface area (Å²) in [5.41, 5.74) is 0.873. The second-order valence-corrected chi connectivity index (χ2v) is 4.54. The van der Waals surface area contributed by atoms with Crippen LogP contribution in [-0.4, -0.2) is 36.2 Å². The Labute approximate surface area is 106 Å². The van der Waals surface area contributed by atoms with E-state index in [9.17, 15) is 10.1 Å². The minimum Gasteiger partial charge on any atom is -0.380 e. The lowest BCUT2D eigenvalue weighted by Gasteiger charge is -2.33. The summed E-state index contributed by atoms with van der Waals surface area (Å²) in [7, 11) is 1.71. The molecule has 18 heavy (non-hydrogen) atoms. The zero-order chi connectivity index (χ0) is 13.1. The lowest BCUT2D eigenvalue weighted by molar-refractivity contribution is -0.385. The van der Waals surface area contributed by atoms with Crippen LogP contribution >= 0.6 is 0 Å². The first-order valence-electron chi connectivity index (χ1n) is 6.00. The number of nitro groups is 1. The first-order chi connectivity index (χ1) is 8.61. The van der Waals surface area contributed by atoms with Gasteiger partial charge in [-0.15, -0.1) is 0 Å². The summed E-state index contributed by atoms with van der Waals surface area (Å²) in [5.74, 6) is 0.822. The van der Waals surface area contributed by atoms with Crippen molar-refractivity contribution in [2.45, 2.75) is 25.9 Å². The van der Waals surface area contributed by atoms with E-state index in [1.54, 1.807) is 13.2 Å². The van der Waals surface area contributed by atoms with Crippen LogP contribution in [0.4, 0.5) is 11.5 Å². The van der Waals surface area contributed by atoms with Crippen molar-refractivity contribution < 1.29 is 9.66 Å². The molecule has 1 aromatic heterocycles. The van der Waals surface area contributed by atoms with Gasteiger partial charge < -0.3 is 9.64 Å². The molecule has 0 amide bonds. The average molecular weight is 251 g/mol. The molecular formula is C12H17N3O3. The maximum atomic E-state index is 10.7. The molecule has 0 bridgehead atoms. The first kappa shape index (κ1) is 12.8. The van der Waals surface area contributed by atoms with Crippen molar-refractivity contribution >= 4 is 11.5 Å². The number of hydrogen-bond donors (Lipinski definition) is 0. The Morgan fingerprint density at radius 3 is 3.00 bits per heavy atom. The van der Waals surface area contributed by atoms with Gasteiger partial charge >= 0.3 is 0 Å². The van der Waals surface area contributed by atoms with Crippen molar-refractivity contribution in [3.8, 4) is 0 Å². The summed E-state index contributed by atoms with van der Waals surface area (Å²) in [5, 5.41) is 10.7. The molecule has 0 radical (unpaired) electrons. The van der Waals surface area contributed by atoms with E-state index in [0.29, 0.717) is 0 Å². The lowest BCUT2D eigenvalue weighted by Crippen LogP contribution is -2.40. The zero-order valence-electron chi connectivity index (χ0n) is 10.6. The van der Waals surface area contributed by atoms with Gasteiger partial charge in [0.05, 0.1) is 11.0 Å². The van der Waals surface area contributed by atoms with E-state index in [4.69, 9.17) is 4.74 Å². The molecule has 0 aromatic carbocycles. The van der Waals surface area contributed by atoms with Crippen LogP contribution < -0.4 is 4.90 Å². The molecule has 0 aliphatic carbocycles. The maximum absolute atomic E-state index is 10.7. The van der Waals surface area contributed by atoms with Gasteiger partial charge in [0.15, 0.2) is 0 Å². The summed E-state index contributed by atoms with van der Waals surface area (Å²) in [6, 6.07) is 1.57. The Hall–Kier alpha value is -1.69. The predicted molar refractivity (Wildman–Crippen MR) is 67.9 cm³/mol. The molecule has 1 saturated heterocycles.